The Hall–Kier alpha value is -2.03. The minimum Gasteiger partial charge on any atom is -0.365 e. The van der Waals surface area contributed by atoms with Crippen LogP contribution in [0.1, 0.15) is 31.3 Å². The van der Waals surface area contributed by atoms with Gasteiger partial charge in [0.15, 0.2) is 0 Å². The largest absolute Gasteiger partial charge is 0.365 e. The summed E-state index contributed by atoms with van der Waals surface area (Å²) < 4.78 is 2.42. The maximum Gasteiger partial charge on any atom is 0.264 e. The first-order valence-corrected chi connectivity index (χ1v) is 9.73. The van der Waals surface area contributed by atoms with Crippen LogP contribution < -0.4 is 5.73 Å². The van der Waals surface area contributed by atoms with E-state index < -0.39 is 5.91 Å². The Kier molecular flexibility index (Phi) is 5.55. The van der Waals surface area contributed by atoms with Gasteiger partial charge in [-0.25, -0.2) is 0 Å². The second-order valence-electron chi connectivity index (χ2n) is 6.47. The molecule has 6 nitrogen and oxygen atoms in total. The summed E-state index contributed by atoms with van der Waals surface area (Å²) in [6.07, 6.45) is 0. The van der Waals surface area contributed by atoms with Crippen molar-refractivity contribution < 1.29 is 9.59 Å². The van der Waals surface area contributed by atoms with Crippen LogP contribution in [0.4, 0.5) is 0 Å². The number of carbonyl (C=O) groups is 2. The zero-order chi connectivity index (χ0) is 18.8. The van der Waals surface area contributed by atoms with Crippen LogP contribution in [0.15, 0.2) is 23.6 Å². The molecule has 3 heterocycles. The maximum atomic E-state index is 12.4. The highest BCUT2D eigenvalue weighted by Crippen LogP contribution is 2.17. The van der Waals surface area contributed by atoms with Crippen molar-refractivity contribution >= 4 is 35.4 Å². The van der Waals surface area contributed by atoms with Gasteiger partial charge in [0.2, 0.25) is 0 Å². The van der Waals surface area contributed by atoms with E-state index >= 15 is 0 Å². The van der Waals surface area contributed by atoms with Gasteiger partial charge in [0, 0.05) is 31.9 Å². The van der Waals surface area contributed by atoms with Crippen molar-refractivity contribution in [3.8, 4) is 0 Å². The fourth-order valence-corrected chi connectivity index (χ4v) is 4.41. The van der Waals surface area contributed by atoms with Gasteiger partial charge < -0.3 is 15.2 Å². The topological polar surface area (TPSA) is 71.6 Å². The van der Waals surface area contributed by atoms with E-state index in [1.165, 1.54) is 11.3 Å². The number of aromatic nitrogens is 1. The third kappa shape index (κ3) is 3.72. The predicted octanol–water partition coefficient (Wildman–Crippen LogP) is 2.41. The molecule has 2 aromatic rings. The third-order valence-electron chi connectivity index (χ3n) is 4.68. The van der Waals surface area contributed by atoms with Crippen molar-refractivity contribution in [2.45, 2.75) is 20.5 Å². The van der Waals surface area contributed by atoms with Gasteiger partial charge >= 0.3 is 0 Å². The number of hydrogen-bond donors (Lipinski definition) is 1. The summed E-state index contributed by atoms with van der Waals surface area (Å²) in [6, 6.07) is 5.69. The zero-order valence-electron chi connectivity index (χ0n) is 14.9. The molecule has 138 valence electrons. The van der Waals surface area contributed by atoms with Gasteiger partial charge in [0.05, 0.1) is 17.1 Å². The summed E-state index contributed by atoms with van der Waals surface area (Å²) in [5.41, 5.74) is 7.71. The first-order valence-electron chi connectivity index (χ1n) is 8.44. The van der Waals surface area contributed by atoms with E-state index in [1.807, 2.05) is 46.9 Å². The minimum atomic E-state index is -0.493. The second-order valence-corrected chi connectivity index (χ2v) is 7.80. The summed E-state index contributed by atoms with van der Waals surface area (Å²) >= 11 is 6.97. The summed E-state index contributed by atoms with van der Waals surface area (Å²) in [7, 11) is 0. The monoisotopic (exact) mass is 390 g/mol. The SMILES string of the molecule is Cc1cc(C)n(CN2CCN(C(=O)c3cccs3)CC2)c(=S)c1C(N)=O. The Morgan fingerprint density at radius 1 is 1.23 bits per heavy atom. The first kappa shape index (κ1) is 18.8. The summed E-state index contributed by atoms with van der Waals surface area (Å²) in [5.74, 6) is -0.397. The van der Waals surface area contributed by atoms with Crippen molar-refractivity contribution in [1.29, 1.82) is 0 Å². The summed E-state index contributed by atoms with van der Waals surface area (Å²) in [5, 5.41) is 1.92. The Bertz CT molecular complexity index is 881. The molecule has 0 radical (unpaired) electrons. The van der Waals surface area contributed by atoms with E-state index in [2.05, 4.69) is 4.90 Å². The Morgan fingerprint density at radius 3 is 2.50 bits per heavy atom. The van der Waals surface area contributed by atoms with E-state index in [4.69, 9.17) is 18.0 Å². The Morgan fingerprint density at radius 2 is 1.92 bits per heavy atom. The Balaban J connectivity index is 1.70. The van der Waals surface area contributed by atoms with Crippen LogP contribution in [0.3, 0.4) is 0 Å². The molecule has 1 aliphatic rings. The molecule has 0 aromatic carbocycles. The van der Waals surface area contributed by atoms with Crippen molar-refractivity contribution in [2.75, 3.05) is 26.2 Å². The normalized spacial score (nSPS) is 15.2. The molecule has 1 aliphatic heterocycles. The number of nitrogens with two attached hydrogens (primary N) is 1. The molecule has 3 rings (SSSR count). The van der Waals surface area contributed by atoms with Gasteiger partial charge in [-0.2, -0.15) is 0 Å². The second kappa shape index (κ2) is 7.69. The maximum absolute atomic E-state index is 12.4. The van der Waals surface area contributed by atoms with Gasteiger partial charge in [-0.15, -0.1) is 11.3 Å². The van der Waals surface area contributed by atoms with Gasteiger partial charge in [0.1, 0.15) is 4.64 Å². The lowest BCUT2D eigenvalue weighted by Crippen LogP contribution is -2.49. The van der Waals surface area contributed by atoms with E-state index in [-0.39, 0.29) is 5.91 Å². The van der Waals surface area contributed by atoms with Gasteiger partial charge in [0.25, 0.3) is 11.8 Å². The van der Waals surface area contributed by atoms with E-state index in [1.54, 1.807) is 0 Å². The molecule has 0 bridgehead atoms. The van der Waals surface area contributed by atoms with Gasteiger partial charge in [-0.05, 0) is 36.9 Å². The van der Waals surface area contributed by atoms with Crippen LogP contribution in [0.25, 0.3) is 0 Å². The summed E-state index contributed by atoms with van der Waals surface area (Å²) in [4.78, 5) is 29.1. The third-order valence-corrected chi connectivity index (χ3v) is 5.97. The zero-order valence-corrected chi connectivity index (χ0v) is 16.5. The van der Waals surface area contributed by atoms with Crippen LogP contribution >= 0.6 is 23.6 Å². The van der Waals surface area contributed by atoms with E-state index in [0.29, 0.717) is 30.0 Å². The number of primary amides is 1. The molecule has 0 saturated carbocycles. The Labute approximate surface area is 161 Å². The molecule has 1 fully saturated rings. The smallest absolute Gasteiger partial charge is 0.264 e. The standard InChI is InChI=1S/C18H22N4O2S2/c1-12-10-13(2)22(18(25)15(12)16(19)23)11-20-5-7-21(8-6-20)17(24)14-4-3-9-26-14/h3-4,9-10H,5-8,11H2,1-2H3,(H2,19,23). The lowest BCUT2D eigenvalue weighted by Gasteiger charge is -2.35. The number of amides is 2. The van der Waals surface area contributed by atoms with Crippen molar-refractivity contribution in [2.24, 2.45) is 5.73 Å². The molecule has 8 heteroatoms. The van der Waals surface area contributed by atoms with Crippen LogP contribution in [-0.2, 0) is 6.67 Å². The molecule has 2 N–H and O–H groups in total. The number of aryl methyl sites for hydroxylation is 2. The van der Waals surface area contributed by atoms with Gasteiger partial charge in [-0.1, -0.05) is 18.3 Å². The number of carbonyl (C=O) groups excluding carboxylic acids is 2. The first-order chi connectivity index (χ1) is 12.4. The highest BCUT2D eigenvalue weighted by Gasteiger charge is 2.23. The number of piperazine rings is 1. The molecule has 2 aromatic heterocycles. The average Bonchev–Trinajstić information content (AvgIpc) is 3.12. The van der Waals surface area contributed by atoms with E-state index in [0.717, 1.165) is 29.2 Å². The number of rotatable bonds is 4. The lowest BCUT2D eigenvalue weighted by atomic mass is 10.1. The number of pyridine rings is 1. The number of hydrogen-bond acceptors (Lipinski definition) is 5. The fraction of sp³-hybridized carbons (Fsp3) is 0.389. The van der Waals surface area contributed by atoms with Crippen molar-refractivity contribution in [3.05, 3.63) is 49.9 Å². The average molecular weight is 391 g/mol. The van der Waals surface area contributed by atoms with Crippen LogP contribution in [0, 0.1) is 18.5 Å². The predicted molar refractivity (Wildman–Crippen MR) is 105 cm³/mol. The molecule has 1 saturated heterocycles. The van der Waals surface area contributed by atoms with Crippen LogP contribution in [-0.4, -0.2) is 52.4 Å². The van der Waals surface area contributed by atoms with E-state index in [9.17, 15) is 9.59 Å². The molecule has 0 spiro atoms. The highest BCUT2D eigenvalue weighted by molar-refractivity contribution is 7.71. The van der Waals surface area contributed by atoms with Crippen molar-refractivity contribution in [1.82, 2.24) is 14.4 Å². The minimum absolute atomic E-state index is 0.0961. The molecule has 0 unspecified atom stereocenters. The van der Waals surface area contributed by atoms with Crippen LogP contribution in [0.2, 0.25) is 0 Å². The fourth-order valence-electron chi connectivity index (χ4n) is 3.25. The summed E-state index contributed by atoms with van der Waals surface area (Å²) in [6.45, 7) is 7.30. The molecular formula is C18H22N4O2S2. The lowest BCUT2D eigenvalue weighted by molar-refractivity contribution is 0.0596. The molecule has 0 atom stereocenters. The quantitative estimate of drug-likeness (QED) is 0.814. The molecule has 2 amide bonds. The van der Waals surface area contributed by atoms with Crippen molar-refractivity contribution in [3.63, 3.8) is 0 Å². The molecular weight excluding hydrogens is 368 g/mol. The number of nitrogens with zero attached hydrogens (tertiary/aromatic N) is 3. The molecule has 0 aliphatic carbocycles. The van der Waals surface area contributed by atoms with Crippen LogP contribution in [0.5, 0.6) is 0 Å². The molecule has 26 heavy (non-hydrogen) atoms. The number of thiophene rings is 1. The highest BCUT2D eigenvalue weighted by atomic mass is 32.1. The van der Waals surface area contributed by atoms with Gasteiger partial charge in [-0.3, -0.25) is 14.5 Å².